The van der Waals surface area contributed by atoms with Crippen LogP contribution in [0.15, 0.2) is 30.3 Å². The van der Waals surface area contributed by atoms with Crippen LogP contribution in [0.1, 0.15) is 29.6 Å². The first-order valence-corrected chi connectivity index (χ1v) is 9.12. The van der Waals surface area contributed by atoms with Gasteiger partial charge >= 0.3 is 5.97 Å². The van der Waals surface area contributed by atoms with E-state index in [1.807, 2.05) is 40.8 Å². The predicted molar refractivity (Wildman–Crippen MR) is 92.3 cm³/mol. The SMILES string of the molecule is O=C(CI)OC(CCCI)CC(=O)c1ccccc1. The van der Waals surface area contributed by atoms with Gasteiger partial charge in [0, 0.05) is 12.0 Å². The zero-order valence-corrected chi connectivity index (χ0v) is 14.8. The van der Waals surface area contributed by atoms with Crippen LogP contribution in [0.25, 0.3) is 0 Å². The molecular weight excluding hydrogens is 470 g/mol. The summed E-state index contributed by atoms with van der Waals surface area (Å²) in [7, 11) is 0. The molecule has 0 bridgehead atoms. The van der Waals surface area contributed by atoms with E-state index in [-0.39, 0.29) is 24.3 Å². The summed E-state index contributed by atoms with van der Waals surface area (Å²) in [4.78, 5) is 23.5. The van der Waals surface area contributed by atoms with E-state index in [0.29, 0.717) is 9.99 Å². The molecule has 0 aliphatic rings. The summed E-state index contributed by atoms with van der Waals surface area (Å²) in [5.41, 5.74) is 0.674. The van der Waals surface area contributed by atoms with Crippen molar-refractivity contribution in [3.05, 3.63) is 35.9 Å². The number of benzene rings is 1. The molecule has 104 valence electrons. The summed E-state index contributed by atoms with van der Waals surface area (Å²) in [6, 6.07) is 9.13. The summed E-state index contributed by atoms with van der Waals surface area (Å²) in [5, 5.41) is 0. The number of halogens is 2. The molecule has 19 heavy (non-hydrogen) atoms. The van der Waals surface area contributed by atoms with Crippen molar-refractivity contribution in [2.75, 3.05) is 8.86 Å². The number of ether oxygens (including phenoxy) is 1. The number of carbonyl (C=O) groups excluding carboxylic acids is 2. The maximum absolute atomic E-state index is 12.1. The molecule has 0 N–H and O–H groups in total. The molecular formula is C14H16I2O3. The van der Waals surface area contributed by atoms with Gasteiger partial charge in [0.25, 0.3) is 0 Å². The fraction of sp³-hybridized carbons (Fsp3) is 0.429. The molecule has 5 heteroatoms. The Morgan fingerprint density at radius 3 is 2.42 bits per heavy atom. The molecule has 1 aromatic rings. The molecule has 0 aromatic heterocycles. The number of Topliss-reactive ketones (excluding diaryl/α,β-unsaturated/α-hetero) is 1. The molecule has 3 nitrogen and oxygen atoms in total. The highest BCUT2D eigenvalue weighted by molar-refractivity contribution is 14.1. The van der Waals surface area contributed by atoms with Gasteiger partial charge in [0.2, 0.25) is 0 Å². The average molecular weight is 486 g/mol. The van der Waals surface area contributed by atoms with E-state index in [1.54, 1.807) is 12.1 Å². The average Bonchev–Trinajstić information content (AvgIpc) is 2.45. The van der Waals surface area contributed by atoms with Gasteiger partial charge in [0.05, 0.1) is 4.43 Å². The Morgan fingerprint density at radius 1 is 1.16 bits per heavy atom. The van der Waals surface area contributed by atoms with Gasteiger partial charge in [-0.2, -0.15) is 0 Å². The normalized spacial score (nSPS) is 11.9. The van der Waals surface area contributed by atoms with E-state index >= 15 is 0 Å². The number of rotatable bonds is 8. The van der Waals surface area contributed by atoms with Crippen molar-refractivity contribution in [3.63, 3.8) is 0 Å². The van der Waals surface area contributed by atoms with E-state index in [0.717, 1.165) is 17.3 Å². The van der Waals surface area contributed by atoms with E-state index in [9.17, 15) is 9.59 Å². The maximum Gasteiger partial charge on any atom is 0.316 e. The second-order valence-corrected chi connectivity index (χ2v) is 5.91. The van der Waals surface area contributed by atoms with Crippen LogP contribution in [0, 0.1) is 0 Å². The van der Waals surface area contributed by atoms with Gasteiger partial charge in [-0.1, -0.05) is 75.5 Å². The van der Waals surface area contributed by atoms with Crippen LogP contribution in [0.4, 0.5) is 0 Å². The second-order valence-electron chi connectivity index (χ2n) is 4.07. The topological polar surface area (TPSA) is 43.4 Å². The first kappa shape index (κ1) is 16.9. The fourth-order valence-corrected chi connectivity index (χ4v) is 2.29. The molecule has 1 atom stereocenters. The van der Waals surface area contributed by atoms with Crippen molar-refractivity contribution >= 4 is 56.9 Å². The minimum Gasteiger partial charge on any atom is -0.461 e. The number of esters is 1. The van der Waals surface area contributed by atoms with Gasteiger partial charge in [-0.15, -0.1) is 0 Å². The summed E-state index contributed by atoms with van der Waals surface area (Å²) < 4.78 is 6.64. The van der Waals surface area contributed by atoms with E-state index in [1.165, 1.54) is 0 Å². The number of hydrogen-bond acceptors (Lipinski definition) is 3. The van der Waals surface area contributed by atoms with Crippen LogP contribution in [0.2, 0.25) is 0 Å². The molecule has 0 amide bonds. The van der Waals surface area contributed by atoms with Crippen LogP contribution in [-0.4, -0.2) is 26.7 Å². The number of hydrogen-bond donors (Lipinski definition) is 0. The van der Waals surface area contributed by atoms with Crippen LogP contribution < -0.4 is 0 Å². The Kier molecular flexibility index (Phi) is 8.60. The lowest BCUT2D eigenvalue weighted by molar-refractivity contribution is -0.145. The predicted octanol–water partition coefficient (Wildman–Crippen LogP) is 3.82. The third-order valence-electron chi connectivity index (χ3n) is 2.58. The number of ketones is 1. The Bertz CT molecular complexity index is 406. The lowest BCUT2D eigenvalue weighted by Gasteiger charge is -2.16. The molecule has 1 unspecified atom stereocenters. The van der Waals surface area contributed by atoms with Gasteiger partial charge in [-0.05, 0) is 17.3 Å². The highest BCUT2D eigenvalue weighted by Crippen LogP contribution is 2.14. The second kappa shape index (κ2) is 9.68. The van der Waals surface area contributed by atoms with Gasteiger partial charge < -0.3 is 4.74 Å². The van der Waals surface area contributed by atoms with Gasteiger partial charge in [-0.25, -0.2) is 0 Å². The number of alkyl halides is 2. The zero-order valence-electron chi connectivity index (χ0n) is 10.5. The monoisotopic (exact) mass is 486 g/mol. The van der Waals surface area contributed by atoms with Crippen molar-refractivity contribution < 1.29 is 14.3 Å². The first-order chi connectivity index (χ1) is 9.17. The van der Waals surface area contributed by atoms with E-state index < -0.39 is 0 Å². The first-order valence-electron chi connectivity index (χ1n) is 6.07. The quantitative estimate of drug-likeness (QED) is 0.243. The third-order valence-corrected chi connectivity index (χ3v) is 3.96. The molecule has 0 spiro atoms. The molecule has 0 heterocycles. The van der Waals surface area contributed by atoms with Crippen LogP contribution in [0.3, 0.4) is 0 Å². The molecule has 0 radical (unpaired) electrons. The van der Waals surface area contributed by atoms with Crippen molar-refractivity contribution in [2.45, 2.75) is 25.4 Å². The van der Waals surface area contributed by atoms with Crippen molar-refractivity contribution in [1.82, 2.24) is 0 Å². The fourth-order valence-electron chi connectivity index (χ4n) is 1.67. The van der Waals surface area contributed by atoms with E-state index in [4.69, 9.17) is 4.74 Å². The summed E-state index contributed by atoms with van der Waals surface area (Å²) in [6.07, 6.45) is 1.65. The maximum atomic E-state index is 12.1. The minimum atomic E-state index is -0.301. The standard InChI is InChI=1S/C14H16I2O3/c15-8-4-7-12(19-14(18)10-16)9-13(17)11-5-2-1-3-6-11/h1-3,5-6,12H,4,7-10H2. The van der Waals surface area contributed by atoms with Gasteiger partial charge in [0.15, 0.2) is 5.78 Å². The molecule has 0 aliphatic heterocycles. The summed E-state index contributed by atoms with van der Waals surface area (Å²) >= 11 is 4.25. The molecule has 1 rings (SSSR count). The summed E-state index contributed by atoms with van der Waals surface area (Å²) in [6.45, 7) is 0. The van der Waals surface area contributed by atoms with Gasteiger partial charge in [0.1, 0.15) is 6.10 Å². The Morgan fingerprint density at radius 2 is 1.84 bits per heavy atom. The smallest absolute Gasteiger partial charge is 0.316 e. The van der Waals surface area contributed by atoms with Gasteiger partial charge in [-0.3, -0.25) is 9.59 Å². The van der Waals surface area contributed by atoms with Crippen molar-refractivity contribution in [3.8, 4) is 0 Å². The molecule has 1 aromatic carbocycles. The minimum absolute atomic E-state index is 0.0281. The highest BCUT2D eigenvalue weighted by atomic mass is 127. The summed E-state index contributed by atoms with van der Waals surface area (Å²) in [5.74, 6) is -0.222. The Labute approximate surface area is 140 Å². The third kappa shape index (κ3) is 6.69. The molecule has 0 saturated heterocycles. The van der Waals surface area contributed by atoms with Crippen LogP contribution in [-0.2, 0) is 9.53 Å². The molecule has 0 fully saturated rings. The largest absolute Gasteiger partial charge is 0.461 e. The molecule has 0 aliphatic carbocycles. The lowest BCUT2D eigenvalue weighted by Crippen LogP contribution is -2.22. The van der Waals surface area contributed by atoms with Crippen LogP contribution in [0.5, 0.6) is 0 Å². The Hall–Kier alpha value is -0.180. The van der Waals surface area contributed by atoms with Crippen molar-refractivity contribution in [2.24, 2.45) is 0 Å². The van der Waals surface area contributed by atoms with Crippen LogP contribution >= 0.6 is 45.2 Å². The number of carbonyl (C=O) groups is 2. The zero-order chi connectivity index (χ0) is 14.1. The van der Waals surface area contributed by atoms with Crippen molar-refractivity contribution in [1.29, 1.82) is 0 Å². The lowest BCUT2D eigenvalue weighted by atomic mass is 10.0. The molecule has 0 saturated carbocycles. The van der Waals surface area contributed by atoms with E-state index in [2.05, 4.69) is 22.6 Å². The highest BCUT2D eigenvalue weighted by Gasteiger charge is 2.18. The Balaban J connectivity index is 2.60.